The topological polar surface area (TPSA) is 9.23 Å². The third-order valence-corrected chi connectivity index (χ3v) is 3.55. The van der Waals surface area contributed by atoms with Gasteiger partial charge in [0.25, 0.3) is 0 Å². The molecule has 0 radical (unpaired) electrons. The molecule has 19 heavy (non-hydrogen) atoms. The lowest BCUT2D eigenvalue weighted by Crippen LogP contribution is -1.97. The van der Waals surface area contributed by atoms with Crippen molar-refractivity contribution in [2.24, 2.45) is 0 Å². The normalized spacial score (nSPS) is 10.8. The number of hydrogen-bond acceptors (Lipinski definition) is 1. The first-order chi connectivity index (χ1) is 9.06. The summed E-state index contributed by atoms with van der Waals surface area (Å²) in [7, 11) is 0. The number of halogens is 2. The highest BCUT2D eigenvalue weighted by molar-refractivity contribution is 9.10. The maximum absolute atomic E-state index is 12.9. The highest BCUT2D eigenvalue weighted by Gasteiger charge is 2.04. The average molecular weight is 323 g/mol. The van der Waals surface area contributed by atoms with Crippen LogP contribution in [0.5, 0.6) is 5.75 Å². The molecule has 0 N–H and O–H groups in total. The molecule has 2 rings (SSSR count). The van der Waals surface area contributed by atoms with E-state index in [9.17, 15) is 4.39 Å². The maximum Gasteiger partial charge on any atom is 0.134 e. The van der Waals surface area contributed by atoms with Gasteiger partial charge in [-0.25, -0.2) is 4.39 Å². The minimum absolute atomic E-state index is 0.277. The third-order valence-electron chi connectivity index (χ3n) is 2.93. The van der Waals surface area contributed by atoms with Crippen molar-refractivity contribution in [3.8, 4) is 5.75 Å². The van der Waals surface area contributed by atoms with E-state index in [0.717, 1.165) is 5.56 Å². The Morgan fingerprint density at radius 3 is 2.37 bits per heavy atom. The van der Waals surface area contributed by atoms with E-state index in [4.69, 9.17) is 4.74 Å². The lowest BCUT2D eigenvalue weighted by Gasteiger charge is -2.10. The Labute approximate surface area is 121 Å². The standard InChI is InChI=1S/C16H16BrFO/c1-11(2)13-5-3-12(4-6-13)10-19-16-8-7-14(18)9-15(16)17/h3-9,11H,10H2,1-2H3. The van der Waals surface area contributed by atoms with E-state index in [2.05, 4.69) is 54.0 Å². The van der Waals surface area contributed by atoms with Gasteiger partial charge in [-0.05, 0) is 51.2 Å². The molecule has 0 saturated heterocycles. The molecule has 0 aliphatic carbocycles. The van der Waals surface area contributed by atoms with Crippen LogP contribution in [0, 0.1) is 5.82 Å². The molecule has 1 nitrogen and oxygen atoms in total. The van der Waals surface area contributed by atoms with E-state index >= 15 is 0 Å². The van der Waals surface area contributed by atoms with E-state index < -0.39 is 0 Å². The molecule has 0 aromatic heterocycles. The van der Waals surface area contributed by atoms with E-state index in [0.29, 0.717) is 22.7 Å². The summed E-state index contributed by atoms with van der Waals surface area (Å²) < 4.78 is 19.2. The largest absolute Gasteiger partial charge is 0.488 e. The number of hydrogen-bond donors (Lipinski definition) is 0. The lowest BCUT2D eigenvalue weighted by atomic mass is 10.0. The van der Waals surface area contributed by atoms with Crippen LogP contribution in [-0.4, -0.2) is 0 Å². The molecule has 0 aliphatic rings. The molecule has 3 heteroatoms. The molecular formula is C16H16BrFO. The van der Waals surface area contributed by atoms with Crippen molar-refractivity contribution >= 4 is 15.9 Å². The summed E-state index contributed by atoms with van der Waals surface area (Å²) in [6, 6.07) is 12.8. The van der Waals surface area contributed by atoms with Gasteiger partial charge in [0.05, 0.1) is 4.47 Å². The first-order valence-corrected chi connectivity index (χ1v) is 7.02. The van der Waals surface area contributed by atoms with Crippen LogP contribution in [-0.2, 0) is 6.61 Å². The van der Waals surface area contributed by atoms with Crippen LogP contribution in [0.2, 0.25) is 0 Å². The fourth-order valence-electron chi connectivity index (χ4n) is 1.75. The summed E-state index contributed by atoms with van der Waals surface area (Å²) in [5, 5.41) is 0. The summed E-state index contributed by atoms with van der Waals surface area (Å²) >= 11 is 3.29. The first kappa shape index (κ1) is 14.1. The molecule has 0 heterocycles. The third kappa shape index (κ3) is 3.80. The van der Waals surface area contributed by atoms with Crippen LogP contribution >= 0.6 is 15.9 Å². The molecule has 2 aromatic carbocycles. The van der Waals surface area contributed by atoms with Crippen LogP contribution in [0.1, 0.15) is 30.9 Å². The monoisotopic (exact) mass is 322 g/mol. The smallest absolute Gasteiger partial charge is 0.134 e. The van der Waals surface area contributed by atoms with Crippen molar-refractivity contribution in [3.63, 3.8) is 0 Å². The Morgan fingerprint density at radius 2 is 1.79 bits per heavy atom. The van der Waals surface area contributed by atoms with Crippen molar-refractivity contribution in [1.82, 2.24) is 0 Å². The van der Waals surface area contributed by atoms with E-state index in [1.165, 1.54) is 17.7 Å². The predicted molar refractivity (Wildman–Crippen MR) is 79.0 cm³/mol. The van der Waals surface area contributed by atoms with Gasteiger partial charge in [-0.15, -0.1) is 0 Å². The van der Waals surface area contributed by atoms with Gasteiger partial charge in [0, 0.05) is 0 Å². The summed E-state index contributed by atoms with van der Waals surface area (Å²) in [5.41, 5.74) is 2.41. The molecule has 100 valence electrons. The van der Waals surface area contributed by atoms with Crippen LogP contribution < -0.4 is 4.74 Å². The van der Waals surface area contributed by atoms with Crippen molar-refractivity contribution in [1.29, 1.82) is 0 Å². The van der Waals surface area contributed by atoms with Crippen LogP contribution in [0.4, 0.5) is 4.39 Å². The average Bonchev–Trinajstić information content (AvgIpc) is 2.38. The SMILES string of the molecule is CC(C)c1ccc(COc2ccc(F)cc2Br)cc1. The van der Waals surface area contributed by atoms with Gasteiger partial charge < -0.3 is 4.74 Å². The molecular weight excluding hydrogens is 307 g/mol. The quantitative estimate of drug-likeness (QED) is 0.743. The fourth-order valence-corrected chi connectivity index (χ4v) is 2.22. The lowest BCUT2D eigenvalue weighted by molar-refractivity contribution is 0.303. The molecule has 0 spiro atoms. The van der Waals surface area contributed by atoms with Gasteiger partial charge in [0.1, 0.15) is 18.2 Å². The Kier molecular flexibility index (Phi) is 4.59. The van der Waals surface area contributed by atoms with E-state index in [-0.39, 0.29) is 5.82 Å². The zero-order chi connectivity index (χ0) is 13.8. The number of rotatable bonds is 4. The fraction of sp³-hybridized carbons (Fsp3) is 0.250. The van der Waals surface area contributed by atoms with Gasteiger partial charge in [-0.3, -0.25) is 0 Å². The second-order valence-electron chi connectivity index (χ2n) is 4.76. The summed E-state index contributed by atoms with van der Waals surface area (Å²) in [6.45, 7) is 4.81. The van der Waals surface area contributed by atoms with Crippen molar-refractivity contribution in [2.75, 3.05) is 0 Å². The molecule has 0 saturated carbocycles. The molecule has 0 fully saturated rings. The second-order valence-corrected chi connectivity index (χ2v) is 5.61. The van der Waals surface area contributed by atoms with E-state index in [1.807, 2.05) is 0 Å². The highest BCUT2D eigenvalue weighted by atomic mass is 79.9. The number of benzene rings is 2. The van der Waals surface area contributed by atoms with E-state index in [1.54, 1.807) is 6.07 Å². The van der Waals surface area contributed by atoms with Crippen molar-refractivity contribution in [3.05, 3.63) is 63.9 Å². The Morgan fingerprint density at radius 1 is 1.11 bits per heavy atom. The molecule has 2 aromatic rings. The minimum Gasteiger partial charge on any atom is -0.488 e. The second kappa shape index (κ2) is 6.20. The zero-order valence-corrected chi connectivity index (χ0v) is 12.6. The summed E-state index contributed by atoms with van der Waals surface area (Å²) in [5.74, 6) is 0.899. The van der Waals surface area contributed by atoms with Gasteiger partial charge in [0.2, 0.25) is 0 Å². The molecule has 0 atom stereocenters. The minimum atomic E-state index is -0.277. The first-order valence-electron chi connectivity index (χ1n) is 6.23. The van der Waals surface area contributed by atoms with Gasteiger partial charge in [0.15, 0.2) is 0 Å². The van der Waals surface area contributed by atoms with Gasteiger partial charge in [-0.2, -0.15) is 0 Å². The Balaban J connectivity index is 2.02. The summed E-state index contributed by atoms with van der Waals surface area (Å²) in [6.07, 6.45) is 0. The Hall–Kier alpha value is -1.35. The molecule has 0 amide bonds. The summed E-state index contributed by atoms with van der Waals surface area (Å²) in [4.78, 5) is 0. The molecule has 0 unspecified atom stereocenters. The molecule has 0 aliphatic heterocycles. The highest BCUT2D eigenvalue weighted by Crippen LogP contribution is 2.26. The maximum atomic E-state index is 12.9. The van der Waals surface area contributed by atoms with Crippen LogP contribution in [0.3, 0.4) is 0 Å². The van der Waals surface area contributed by atoms with Gasteiger partial charge in [-0.1, -0.05) is 38.1 Å². The van der Waals surface area contributed by atoms with Crippen LogP contribution in [0.15, 0.2) is 46.9 Å². The van der Waals surface area contributed by atoms with Crippen LogP contribution in [0.25, 0.3) is 0 Å². The van der Waals surface area contributed by atoms with Crippen molar-refractivity contribution in [2.45, 2.75) is 26.4 Å². The van der Waals surface area contributed by atoms with Gasteiger partial charge >= 0.3 is 0 Å². The van der Waals surface area contributed by atoms with Crippen molar-refractivity contribution < 1.29 is 9.13 Å². The predicted octanol–water partition coefficient (Wildman–Crippen LogP) is 5.29. The zero-order valence-electron chi connectivity index (χ0n) is 11.0. The Bertz CT molecular complexity index is 549. The molecule has 0 bridgehead atoms. The number of ether oxygens (including phenoxy) is 1.